The Hall–Kier alpha value is -3.80. The SMILES string of the molecule is CCC(Oc1ccccc1C)C(=O)NNC(=O)COc1ccccc1-c1ccccc1. The van der Waals surface area contributed by atoms with Crippen LogP contribution in [0.1, 0.15) is 18.9 Å². The van der Waals surface area contributed by atoms with Gasteiger partial charge in [-0.1, -0.05) is 73.7 Å². The Bertz CT molecular complexity index is 1020. The number of amides is 2. The number of hydrogen-bond donors (Lipinski definition) is 2. The number of ether oxygens (including phenoxy) is 2. The molecular formula is C25H26N2O4. The van der Waals surface area contributed by atoms with Gasteiger partial charge in [0.2, 0.25) is 0 Å². The molecule has 0 saturated carbocycles. The predicted molar refractivity (Wildman–Crippen MR) is 120 cm³/mol. The van der Waals surface area contributed by atoms with Gasteiger partial charge in [-0.3, -0.25) is 20.4 Å². The average molecular weight is 418 g/mol. The number of hydrazine groups is 1. The molecule has 0 radical (unpaired) electrons. The Morgan fingerprint density at radius 2 is 1.48 bits per heavy atom. The standard InChI is InChI=1S/C25H26N2O4/c1-3-21(31-22-15-9-7-11-18(22)2)25(29)27-26-24(28)17-30-23-16-10-8-14-20(23)19-12-5-4-6-13-19/h4-16,21H,3,17H2,1-2H3,(H,26,28)(H,27,29). The molecule has 6 nitrogen and oxygen atoms in total. The molecule has 0 aromatic heterocycles. The number of nitrogens with one attached hydrogen (secondary N) is 2. The Morgan fingerprint density at radius 3 is 2.19 bits per heavy atom. The van der Waals surface area contributed by atoms with E-state index in [9.17, 15) is 9.59 Å². The van der Waals surface area contributed by atoms with Crippen LogP contribution in [0.25, 0.3) is 11.1 Å². The predicted octanol–water partition coefficient (Wildman–Crippen LogP) is 4.05. The molecule has 3 aromatic carbocycles. The van der Waals surface area contributed by atoms with Crippen LogP contribution in [0.3, 0.4) is 0 Å². The van der Waals surface area contributed by atoms with Crippen molar-refractivity contribution in [1.82, 2.24) is 10.9 Å². The maximum absolute atomic E-state index is 12.4. The third-order valence-electron chi connectivity index (χ3n) is 4.68. The van der Waals surface area contributed by atoms with Gasteiger partial charge in [0.15, 0.2) is 12.7 Å². The van der Waals surface area contributed by atoms with E-state index in [0.717, 1.165) is 16.7 Å². The van der Waals surface area contributed by atoms with Crippen LogP contribution in [0.5, 0.6) is 11.5 Å². The second kappa shape index (κ2) is 10.8. The van der Waals surface area contributed by atoms with Crippen LogP contribution in [0.2, 0.25) is 0 Å². The fraction of sp³-hybridized carbons (Fsp3) is 0.200. The Kier molecular flexibility index (Phi) is 7.65. The molecule has 0 saturated heterocycles. The molecule has 2 amide bonds. The summed E-state index contributed by atoms with van der Waals surface area (Å²) >= 11 is 0. The second-order valence-corrected chi connectivity index (χ2v) is 6.97. The second-order valence-electron chi connectivity index (χ2n) is 6.97. The van der Waals surface area contributed by atoms with E-state index >= 15 is 0 Å². The van der Waals surface area contributed by atoms with Crippen LogP contribution in [0.15, 0.2) is 78.9 Å². The van der Waals surface area contributed by atoms with Crippen LogP contribution < -0.4 is 20.3 Å². The smallest absolute Gasteiger partial charge is 0.279 e. The van der Waals surface area contributed by atoms with Crippen molar-refractivity contribution in [3.05, 3.63) is 84.4 Å². The first-order valence-electron chi connectivity index (χ1n) is 10.2. The van der Waals surface area contributed by atoms with Crippen molar-refractivity contribution in [1.29, 1.82) is 0 Å². The van der Waals surface area contributed by atoms with Gasteiger partial charge in [0.05, 0.1) is 0 Å². The minimum absolute atomic E-state index is 0.237. The summed E-state index contributed by atoms with van der Waals surface area (Å²) in [7, 11) is 0. The van der Waals surface area contributed by atoms with Crippen molar-refractivity contribution in [3.63, 3.8) is 0 Å². The fourth-order valence-electron chi connectivity index (χ4n) is 3.00. The molecule has 0 bridgehead atoms. The summed E-state index contributed by atoms with van der Waals surface area (Å²) in [5.41, 5.74) is 7.61. The topological polar surface area (TPSA) is 76.7 Å². The first kappa shape index (κ1) is 21.9. The lowest BCUT2D eigenvalue weighted by Gasteiger charge is -2.19. The van der Waals surface area contributed by atoms with Crippen LogP contribution in [0, 0.1) is 6.92 Å². The Morgan fingerprint density at radius 1 is 0.839 bits per heavy atom. The van der Waals surface area contributed by atoms with Gasteiger partial charge >= 0.3 is 0 Å². The summed E-state index contributed by atoms with van der Waals surface area (Å²) in [6.07, 6.45) is -0.266. The van der Waals surface area contributed by atoms with Gasteiger partial charge in [-0.15, -0.1) is 0 Å². The zero-order valence-electron chi connectivity index (χ0n) is 17.6. The Labute approximate surface area is 182 Å². The van der Waals surface area contributed by atoms with E-state index in [1.54, 1.807) is 6.07 Å². The van der Waals surface area contributed by atoms with E-state index in [1.807, 2.05) is 86.6 Å². The molecule has 6 heteroatoms. The zero-order chi connectivity index (χ0) is 22.1. The molecule has 1 atom stereocenters. The van der Waals surface area contributed by atoms with Crippen LogP contribution >= 0.6 is 0 Å². The van der Waals surface area contributed by atoms with E-state index in [2.05, 4.69) is 10.9 Å². The molecular weight excluding hydrogens is 392 g/mol. The normalized spacial score (nSPS) is 11.3. The highest BCUT2D eigenvalue weighted by Crippen LogP contribution is 2.29. The van der Waals surface area contributed by atoms with Crippen LogP contribution in [-0.4, -0.2) is 24.5 Å². The lowest BCUT2D eigenvalue weighted by molar-refractivity contribution is -0.134. The number of carbonyl (C=O) groups excluding carboxylic acids is 2. The van der Waals surface area contributed by atoms with Crippen LogP contribution in [-0.2, 0) is 9.59 Å². The number of rotatable bonds is 8. The van der Waals surface area contributed by atoms with Gasteiger partial charge in [0.1, 0.15) is 11.5 Å². The molecule has 0 aliphatic heterocycles. The molecule has 3 aromatic rings. The quantitative estimate of drug-likeness (QED) is 0.541. The van der Waals surface area contributed by atoms with Crippen molar-refractivity contribution in [3.8, 4) is 22.6 Å². The van der Waals surface area contributed by atoms with E-state index in [-0.39, 0.29) is 6.61 Å². The first-order chi connectivity index (χ1) is 15.1. The van der Waals surface area contributed by atoms with Gasteiger partial charge in [-0.2, -0.15) is 0 Å². The third-order valence-corrected chi connectivity index (χ3v) is 4.68. The summed E-state index contributed by atoms with van der Waals surface area (Å²) in [5.74, 6) is 0.326. The van der Waals surface area contributed by atoms with Gasteiger partial charge in [-0.25, -0.2) is 0 Å². The molecule has 0 fully saturated rings. The average Bonchev–Trinajstić information content (AvgIpc) is 2.81. The number of para-hydroxylation sites is 2. The van der Waals surface area contributed by atoms with Crippen LogP contribution in [0.4, 0.5) is 0 Å². The number of hydrogen-bond acceptors (Lipinski definition) is 4. The zero-order valence-corrected chi connectivity index (χ0v) is 17.6. The lowest BCUT2D eigenvalue weighted by atomic mass is 10.1. The van der Waals surface area contributed by atoms with E-state index in [4.69, 9.17) is 9.47 Å². The van der Waals surface area contributed by atoms with E-state index in [1.165, 1.54) is 0 Å². The highest BCUT2D eigenvalue weighted by Gasteiger charge is 2.19. The maximum Gasteiger partial charge on any atom is 0.279 e. The van der Waals surface area contributed by atoms with Crippen molar-refractivity contribution >= 4 is 11.8 Å². The summed E-state index contributed by atoms with van der Waals surface area (Å²) in [4.78, 5) is 24.6. The minimum atomic E-state index is -0.721. The van der Waals surface area contributed by atoms with Gasteiger partial charge in [-0.05, 0) is 36.6 Å². The molecule has 2 N–H and O–H groups in total. The molecule has 160 valence electrons. The number of benzene rings is 3. The summed E-state index contributed by atoms with van der Waals surface area (Å²) < 4.78 is 11.5. The summed E-state index contributed by atoms with van der Waals surface area (Å²) in [6, 6.07) is 24.7. The van der Waals surface area contributed by atoms with Gasteiger partial charge in [0.25, 0.3) is 11.8 Å². The molecule has 0 spiro atoms. The van der Waals surface area contributed by atoms with Crippen molar-refractivity contribution < 1.29 is 19.1 Å². The van der Waals surface area contributed by atoms with E-state index < -0.39 is 17.9 Å². The van der Waals surface area contributed by atoms with Gasteiger partial charge in [0, 0.05) is 5.56 Å². The number of aryl methyl sites for hydroxylation is 1. The largest absolute Gasteiger partial charge is 0.483 e. The highest BCUT2D eigenvalue weighted by atomic mass is 16.5. The number of carbonyl (C=O) groups is 2. The summed E-state index contributed by atoms with van der Waals surface area (Å²) in [5, 5.41) is 0. The minimum Gasteiger partial charge on any atom is -0.483 e. The lowest BCUT2D eigenvalue weighted by Crippen LogP contribution is -2.49. The maximum atomic E-state index is 12.4. The monoisotopic (exact) mass is 418 g/mol. The van der Waals surface area contributed by atoms with Crippen molar-refractivity contribution in [2.24, 2.45) is 0 Å². The van der Waals surface area contributed by atoms with Gasteiger partial charge < -0.3 is 9.47 Å². The third kappa shape index (κ3) is 6.09. The molecule has 1 unspecified atom stereocenters. The fourth-order valence-corrected chi connectivity index (χ4v) is 3.00. The molecule has 3 rings (SSSR count). The molecule has 0 aliphatic rings. The summed E-state index contributed by atoms with van der Waals surface area (Å²) in [6.45, 7) is 3.51. The van der Waals surface area contributed by atoms with E-state index in [0.29, 0.717) is 17.9 Å². The first-order valence-corrected chi connectivity index (χ1v) is 10.2. The Balaban J connectivity index is 1.52. The molecule has 0 heterocycles. The molecule has 0 aliphatic carbocycles. The van der Waals surface area contributed by atoms with Crippen molar-refractivity contribution in [2.45, 2.75) is 26.4 Å². The molecule has 31 heavy (non-hydrogen) atoms. The van der Waals surface area contributed by atoms with Crippen molar-refractivity contribution in [2.75, 3.05) is 6.61 Å². The highest BCUT2D eigenvalue weighted by molar-refractivity contribution is 5.85.